The number of carboxylic acid groups (broad SMARTS) is 1. The molecule has 0 spiro atoms. The molecule has 1 aromatic heterocycles. The molecule has 0 fully saturated rings. The van der Waals surface area contributed by atoms with Gasteiger partial charge in [-0.15, -0.1) is 0 Å². The van der Waals surface area contributed by atoms with E-state index in [2.05, 4.69) is 5.32 Å². The first-order valence-corrected chi connectivity index (χ1v) is 4.75. The van der Waals surface area contributed by atoms with Crippen molar-refractivity contribution in [1.29, 1.82) is 0 Å². The van der Waals surface area contributed by atoms with Gasteiger partial charge >= 0.3 is 5.97 Å². The van der Waals surface area contributed by atoms with Gasteiger partial charge in [0.2, 0.25) is 0 Å². The molecule has 2 rings (SSSR count). The third-order valence-corrected chi connectivity index (χ3v) is 2.49. The SMILES string of the molecule is Cc1oc2c(c1C(=O)O)CCCNC2=O. The molecule has 0 radical (unpaired) electrons. The Morgan fingerprint density at radius 2 is 2.27 bits per heavy atom. The van der Waals surface area contributed by atoms with Crippen LogP contribution < -0.4 is 5.32 Å². The number of aryl methyl sites for hydroxylation is 1. The van der Waals surface area contributed by atoms with Crippen molar-refractivity contribution in [3.63, 3.8) is 0 Å². The Morgan fingerprint density at radius 3 is 2.93 bits per heavy atom. The lowest BCUT2D eigenvalue weighted by Crippen LogP contribution is -2.22. The number of rotatable bonds is 1. The molecule has 1 aromatic rings. The van der Waals surface area contributed by atoms with E-state index in [0.29, 0.717) is 24.3 Å². The summed E-state index contributed by atoms with van der Waals surface area (Å²) in [4.78, 5) is 22.5. The van der Waals surface area contributed by atoms with Crippen LogP contribution in [0.1, 0.15) is 38.7 Å². The Morgan fingerprint density at radius 1 is 1.53 bits per heavy atom. The lowest BCUT2D eigenvalue weighted by Gasteiger charge is -1.96. The highest BCUT2D eigenvalue weighted by atomic mass is 16.4. The minimum atomic E-state index is -1.03. The predicted octanol–water partition coefficient (Wildman–Crippen LogP) is 0.962. The van der Waals surface area contributed by atoms with Gasteiger partial charge in [-0.05, 0) is 19.8 Å². The molecule has 0 saturated heterocycles. The number of amides is 1. The molecule has 0 aliphatic carbocycles. The zero-order valence-corrected chi connectivity index (χ0v) is 8.29. The first kappa shape index (κ1) is 9.76. The molecule has 0 atom stereocenters. The number of hydrogen-bond acceptors (Lipinski definition) is 3. The summed E-state index contributed by atoms with van der Waals surface area (Å²) in [5, 5.41) is 11.7. The fourth-order valence-electron chi connectivity index (χ4n) is 1.84. The van der Waals surface area contributed by atoms with Crippen molar-refractivity contribution in [3.05, 3.63) is 22.6 Å². The zero-order valence-electron chi connectivity index (χ0n) is 8.29. The van der Waals surface area contributed by atoms with Gasteiger partial charge in [0, 0.05) is 12.1 Å². The molecule has 80 valence electrons. The van der Waals surface area contributed by atoms with Crippen LogP contribution in [0.3, 0.4) is 0 Å². The first-order chi connectivity index (χ1) is 7.11. The van der Waals surface area contributed by atoms with Crippen LogP contribution in [-0.4, -0.2) is 23.5 Å². The van der Waals surface area contributed by atoms with Crippen LogP contribution in [0.5, 0.6) is 0 Å². The fourth-order valence-corrected chi connectivity index (χ4v) is 1.84. The molecule has 0 saturated carbocycles. The quantitative estimate of drug-likeness (QED) is 0.722. The summed E-state index contributed by atoms with van der Waals surface area (Å²) >= 11 is 0. The van der Waals surface area contributed by atoms with E-state index >= 15 is 0 Å². The highest BCUT2D eigenvalue weighted by molar-refractivity contribution is 5.99. The minimum Gasteiger partial charge on any atom is -0.478 e. The van der Waals surface area contributed by atoms with Crippen molar-refractivity contribution < 1.29 is 19.1 Å². The number of hydrogen-bond donors (Lipinski definition) is 2. The molecule has 0 aromatic carbocycles. The second-order valence-electron chi connectivity index (χ2n) is 3.51. The van der Waals surface area contributed by atoms with E-state index in [0.717, 1.165) is 6.42 Å². The van der Waals surface area contributed by atoms with Crippen molar-refractivity contribution in [2.75, 3.05) is 6.54 Å². The molecule has 5 nitrogen and oxygen atoms in total. The molecule has 1 amide bonds. The molecule has 1 aliphatic rings. The topological polar surface area (TPSA) is 79.5 Å². The van der Waals surface area contributed by atoms with E-state index < -0.39 is 5.97 Å². The van der Waals surface area contributed by atoms with Crippen molar-refractivity contribution in [2.24, 2.45) is 0 Å². The van der Waals surface area contributed by atoms with E-state index in [1.54, 1.807) is 6.92 Å². The molecular formula is C10H11NO4. The fraction of sp³-hybridized carbons (Fsp3) is 0.400. The van der Waals surface area contributed by atoms with E-state index in [-0.39, 0.29) is 17.2 Å². The van der Waals surface area contributed by atoms with Crippen molar-refractivity contribution in [2.45, 2.75) is 19.8 Å². The average Bonchev–Trinajstić information content (AvgIpc) is 2.40. The molecule has 1 aliphatic heterocycles. The standard InChI is InChI=1S/C10H11NO4/c1-5-7(10(13)14)6-3-2-4-11-9(12)8(6)15-5/h2-4H2,1H3,(H,11,12)(H,13,14). The highest BCUT2D eigenvalue weighted by Crippen LogP contribution is 2.25. The summed E-state index contributed by atoms with van der Waals surface area (Å²) in [5.74, 6) is -0.905. The molecule has 5 heteroatoms. The summed E-state index contributed by atoms with van der Waals surface area (Å²) in [7, 11) is 0. The molecule has 15 heavy (non-hydrogen) atoms. The normalized spacial score (nSPS) is 15.4. The van der Waals surface area contributed by atoms with Crippen molar-refractivity contribution in [3.8, 4) is 0 Å². The summed E-state index contributed by atoms with van der Waals surface area (Å²) < 4.78 is 5.20. The van der Waals surface area contributed by atoms with Gasteiger partial charge in [0.05, 0.1) is 0 Å². The van der Waals surface area contributed by atoms with Crippen LogP contribution in [0.15, 0.2) is 4.42 Å². The number of carbonyl (C=O) groups excluding carboxylic acids is 1. The summed E-state index contributed by atoms with van der Waals surface area (Å²) in [6.07, 6.45) is 1.30. The van der Waals surface area contributed by atoms with Crippen LogP contribution in [-0.2, 0) is 6.42 Å². The van der Waals surface area contributed by atoms with Crippen LogP contribution in [0.2, 0.25) is 0 Å². The maximum absolute atomic E-state index is 11.5. The molecule has 2 N–H and O–H groups in total. The zero-order chi connectivity index (χ0) is 11.0. The molecule has 2 heterocycles. The molecular weight excluding hydrogens is 198 g/mol. The predicted molar refractivity (Wildman–Crippen MR) is 51.1 cm³/mol. The maximum atomic E-state index is 11.5. The van der Waals surface area contributed by atoms with Crippen LogP contribution in [0.25, 0.3) is 0 Å². The highest BCUT2D eigenvalue weighted by Gasteiger charge is 2.27. The smallest absolute Gasteiger partial charge is 0.339 e. The Kier molecular flexibility index (Phi) is 2.22. The van der Waals surface area contributed by atoms with E-state index in [4.69, 9.17) is 9.52 Å². The Bertz CT molecular complexity index is 433. The van der Waals surface area contributed by atoms with Crippen LogP contribution in [0, 0.1) is 6.92 Å². The Labute approximate surface area is 86.1 Å². The third kappa shape index (κ3) is 1.49. The first-order valence-electron chi connectivity index (χ1n) is 4.75. The number of furan rings is 1. The molecule has 0 bridgehead atoms. The minimum absolute atomic E-state index is 0.141. The van der Waals surface area contributed by atoms with Gasteiger partial charge in [0.15, 0.2) is 5.76 Å². The third-order valence-electron chi connectivity index (χ3n) is 2.49. The number of aromatic carboxylic acids is 1. The van der Waals surface area contributed by atoms with Crippen LogP contribution >= 0.6 is 0 Å². The Balaban J connectivity index is 2.59. The van der Waals surface area contributed by atoms with Crippen LogP contribution in [0.4, 0.5) is 0 Å². The van der Waals surface area contributed by atoms with Gasteiger partial charge in [-0.1, -0.05) is 0 Å². The van der Waals surface area contributed by atoms with Gasteiger partial charge in [-0.2, -0.15) is 0 Å². The monoisotopic (exact) mass is 209 g/mol. The van der Waals surface area contributed by atoms with Gasteiger partial charge in [-0.3, -0.25) is 4.79 Å². The number of carbonyl (C=O) groups is 2. The summed E-state index contributed by atoms with van der Waals surface area (Å²) in [6.45, 7) is 2.12. The number of carboxylic acids is 1. The van der Waals surface area contributed by atoms with Gasteiger partial charge in [-0.25, -0.2) is 4.79 Å². The van der Waals surface area contributed by atoms with E-state index in [1.165, 1.54) is 0 Å². The average molecular weight is 209 g/mol. The maximum Gasteiger partial charge on any atom is 0.339 e. The number of nitrogens with one attached hydrogen (secondary N) is 1. The summed E-state index contributed by atoms with van der Waals surface area (Å²) in [6, 6.07) is 0. The van der Waals surface area contributed by atoms with E-state index in [1.807, 2.05) is 0 Å². The van der Waals surface area contributed by atoms with Crippen molar-refractivity contribution in [1.82, 2.24) is 5.32 Å². The van der Waals surface area contributed by atoms with E-state index in [9.17, 15) is 9.59 Å². The van der Waals surface area contributed by atoms with Gasteiger partial charge in [0.25, 0.3) is 5.91 Å². The Hall–Kier alpha value is -1.78. The lowest BCUT2D eigenvalue weighted by atomic mass is 10.0. The van der Waals surface area contributed by atoms with Gasteiger partial charge in [0.1, 0.15) is 11.3 Å². The van der Waals surface area contributed by atoms with Crippen molar-refractivity contribution >= 4 is 11.9 Å². The lowest BCUT2D eigenvalue weighted by molar-refractivity contribution is 0.0693. The second kappa shape index (κ2) is 3.42. The molecule has 0 unspecified atom stereocenters. The largest absolute Gasteiger partial charge is 0.478 e. The van der Waals surface area contributed by atoms with Gasteiger partial charge < -0.3 is 14.8 Å². The number of fused-ring (bicyclic) bond motifs is 1. The summed E-state index contributed by atoms with van der Waals surface area (Å²) in [5.41, 5.74) is 0.664. The second-order valence-corrected chi connectivity index (χ2v) is 3.51.